The van der Waals surface area contributed by atoms with Crippen molar-refractivity contribution in [3.63, 3.8) is 0 Å². The Morgan fingerprint density at radius 2 is 1.95 bits per heavy atom. The number of nitrogens with two attached hydrogens (primary N) is 1. The van der Waals surface area contributed by atoms with Crippen LogP contribution in [0.25, 0.3) is 10.9 Å². The van der Waals surface area contributed by atoms with Crippen LogP contribution < -0.4 is 10.5 Å². The Balaban J connectivity index is 2.03. The van der Waals surface area contributed by atoms with Crippen molar-refractivity contribution >= 4 is 22.5 Å². The van der Waals surface area contributed by atoms with Crippen LogP contribution in [0.3, 0.4) is 0 Å². The van der Waals surface area contributed by atoms with Gasteiger partial charge in [-0.3, -0.25) is 0 Å². The molecule has 21 heavy (non-hydrogen) atoms. The molecule has 0 unspecified atom stereocenters. The second-order valence-electron chi connectivity index (χ2n) is 4.66. The molecule has 1 aromatic carbocycles. The van der Waals surface area contributed by atoms with Gasteiger partial charge in [-0.25, -0.2) is 9.97 Å². The Morgan fingerprint density at radius 1 is 1.10 bits per heavy atom. The zero-order valence-electron chi connectivity index (χ0n) is 11.5. The number of para-hydroxylation sites is 1. The maximum Gasteiger partial charge on any atom is 0.219 e. The molecule has 0 saturated heterocycles. The maximum absolute atomic E-state index is 6.00. The van der Waals surface area contributed by atoms with Crippen LogP contribution in [0.1, 0.15) is 11.4 Å². The van der Waals surface area contributed by atoms with Gasteiger partial charge in [0.05, 0.1) is 10.7 Å². The van der Waals surface area contributed by atoms with E-state index in [9.17, 15) is 0 Å². The predicted octanol–water partition coefficient (Wildman–Crippen LogP) is 3.84. The Bertz CT molecular complexity index is 805. The number of fused-ring (bicyclic) bond motifs is 1. The lowest BCUT2D eigenvalue weighted by Crippen LogP contribution is -2.01. The molecule has 0 bridgehead atoms. The summed E-state index contributed by atoms with van der Waals surface area (Å²) in [6.07, 6.45) is 0. The number of benzene rings is 1. The Labute approximate surface area is 127 Å². The molecule has 0 aliphatic rings. The summed E-state index contributed by atoms with van der Waals surface area (Å²) in [4.78, 5) is 8.84. The molecule has 0 aliphatic heterocycles. The molecule has 0 radical (unpaired) electrons. The Morgan fingerprint density at radius 3 is 2.76 bits per heavy atom. The zero-order chi connectivity index (χ0) is 14.8. The fourth-order valence-electron chi connectivity index (χ4n) is 2.08. The highest BCUT2D eigenvalue weighted by molar-refractivity contribution is 6.31. The number of hydrogen-bond donors (Lipinski definition) is 1. The van der Waals surface area contributed by atoms with E-state index in [1.807, 2.05) is 37.3 Å². The summed E-state index contributed by atoms with van der Waals surface area (Å²) in [5.74, 6) is 1.12. The van der Waals surface area contributed by atoms with Gasteiger partial charge in [-0.15, -0.1) is 0 Å². The van der Waals surface area contributed by atoms with Crippen molar-refractivity contribution in [1.29, 1.82) is 0 Å². The number of rotatable bonds is 3. The minimum atomic E-state index is 0.267. The van der Waals surface area contributed by atoms with Gasteiger partial charge >= 0.3 is 0 Å². The van der Waals surface area contributed by atoms with Gasteiger partial charge in [0.15, 0.2) is 5.75 Å². The quantitative estimate of drug-likeness (QED) is 0.798. The third-order valence-corrected chi connectivity index (χ3v) is 3.47. The van der Waals surface area contributed by atoms with E-state index >= 15 is 0 Å². The van der Waals surface area contributed by atoms with Crippen molar-refractivity contribution in [3.8, 4) is 11.6 Å². The van der Waals surface area contributed by atoms with Gasteiger partial charge in [0.25, 0.3) is 0 Å². The highest BCUT2D eigenvalue weighted by atomic mass is 35.5. The summed E-state index contributed by atoms with van der Waals surface area (Å²) in [6, 6.07) is 13.2. The molecule has 0 amide bonds. The van der Waals surface area contributed by atoms with Crippen molar-refractivity contribution in [2.45, 2.75) is 13.5 Å². The van der Waals surface area contributed by atoms with Gasteiger partial charge in [0.2, 0.25) is 5.88 Å². The first kappa shape index (κ1) is 13.8. The number of ether oxygens (including phenoxy) is 1. The second-order valence-corrected chi connectivity index (χ2v) is 5.07. The molecule has 0 spiro atoms. The van der Waals surface area contributed by atoms with Gasteiger partial charge in [-0.2, -0.15) is 0 Å². The van der Waals surface area contributed by atoms with E-state index in [1.54, 1.807) is 12.1 Å². The maximum atomic E-state index is 6.00. The third-order valence-electron chi connectivity index (χ3n) is 3.12. The fraction of sp³-hybridized carbons (Fsp3) is 0.125. The molecule has 3 rings (SSSR count). The normalized spacial score (nSPS) is 10.8. The third kappa shape index (κ3) is 2.82. The first-order chi connectivity index (χ1) is 10.2. The summed E-state index contributed by atoms with van der Waals surface area (Å²) < 4.78 is 5.86. The molecule has 0 saturated carbocycles. The highest BCUT2D eigenvalue weighted by Crippen LogP contribution is 2.29. The topological polar surface area (TPSA) is 61.0 Å². The minimum absolute atomic E-state index is 0.267. The number of nitrogens with zero attached hydrogens (tertiary/aromatic N) is 2. The molecule has 106 valence electrons. The van der Waals surface area contributed by atoms with Crippen molar-refractivity contribution < 1.29 is 4.74 Å². The van der Waals surface area contributed by atoms with Crippen molar-refractivity contribution in [2.24, 2.45) is 5.73 Å². The average molecular weight is 300 g/mol. The van der Waals surface area contributed by atoms with Crippen LogP contribution in [0.15, 0.2) is 42.5 Å². The summed E-state index contributed by atoms with van der Waals surface area (Å²) >= 11 is 6.00. The lowest BCUT2D eigenvalue weighted by molar-refractivity contribution is 0.465. The number of hydrogen-bond acceptors (Lipinski definition) is 4. The predicted molar refractivity (Wildman–Crippen MR) is 83.7 cm³/mol. The number of aromatic nitrogens is 2. The zero-order valence-corrected chi connectivity index (χ0v) is 12.3. The van der Waals surface area contributed by atoms with Gasteiger partial charge < -0.3 is 10.5 Å². The number of pyridine rings is 2. The number of aryl methyl sites for hydroxylation is 1. The van der Waals surface area contributed by atoms with E-state index in [-0.39, 0.29) is 6.54 Å². The molecule has 2 aromatic heterocycles. The Kier molecular flexibility index (Phi) is 3.73. The molecule has 5 heteroatoms. The highest BCUT2D eigenvalue weighted by Gasteiger charge is 2.08. The van der Waals surface area contributed by atoms with E-state index in [0.29, 0.717) is 22.3 Å². The second kappa shape index (κ2) is 5.68. The summed E-state index contributed by atoms with van der Waals surface area (Å²) in [5.41, 5.74) is 7.96. The smallest absolute Gasteiger partial charge is 0.219 e. The van der Waals surface area contributed by atoms with Crippen LogP contribution in [0.2, 0.25) is 5.02 Å². The molecule has 0 fully saturated rings. The standard InChI is InChI=1S/C16H14ClN3O/c1-10-5-6-11-3-2-4-14(16(11)19-10)21-15-8-7-12(17)13(9-18)20-15/h2-8H,9,18H2,1H3. The van der Waals surface area contributed by atoms with Gasteiger partial charge in [-0.1, -0.05) is 29.8 Å². The lowest BCUT2D eigenvalue weighted by atomic mass is 10.2. The van der Waals surface area contributed by atoms with Gasteiger partial charge in [-0.05, 0) is 25.1 Å². The van der Waals surface area contributed by atoms with Gasteiger partial charge in [0, 0.05) is 23.7 Å². The van der Waals surface area contributed by atoms with Crippen LogP contribution in [-0.2, 0) is 6.54 Å². The minimum Gasteiger partial charge on any atom is -0.437 e. The van der Waals surface area contributed by atoms with Crippen LogP contribution in [-0.4, -0.2) is 9.97 Å². The molecule has 2 heterocycles. The summed E-state index contributed by atoms with van der Waals surface area (Å²) in [6.45, 7) is 2.21. The first-order valence-electron chi connectivity index (χ1n) is 6.57. The van der Waals surface area contributed by atoms with Crippen LogP contribution in [0, 0.1) is 6.92 Å². The van der Waals surface area contributed by atoms with Crippen LogP contribution >= 0.6 is 11.6 Å². The monoisotopic (exact) mass is 299 g/mol. The summed E-state index contributed by atoms with van der Waals surface area (Å²) in [5, 5.41) is 1.56. The van der Waals surface area contributed by atoms with E-state index in [1.165, 1.54) is 0 Å². The van der Waals surface area contributed by atoms with E-state index < -0.39 is 0 Å². The molecule has 2 N–H and O–H groups in total. The average Bonchev–Trinajstić information content (AvgIpc) is 2.50. The van der Waals surface area contributed by atoms with Crippen LogP contribution in [0.5, 0.6) is 11.6 Å². The van der Waals surface area contributed by atoms with E-state index in [0.717, 1.165) is 16.6 Å². The molecular formula is C16H14ClN3O. The van der Waals surface area contributed by atoms with E-state index in [2.05, 4.69) is 9.97 Å². The van der Waals surface area contributed by atoms with Crippen molar-refractivity contribution in [2.75, 3.05) is 0 Å². The van der Waals surface area contributed by atoms with Crippen LogP contribution in [0.4, 0.5) is 0 Å². The van der Waals surface area contributed by atoms with Crippen molar-refractivity contribution in [3.05, 3.63) is 58.9 Å². The Hall–Kier alpha value is -2.17. The SMILES string of the molecule is Cc1ccc2cccc(Oc3ccc(Cl)c(CN)n3)c2n1. The number of halogens is 1. The van der Waals surface area contributed by atoms with Crippen molar-refractivity contribution in [1.82, 2.24) is 9.97 Å². The lowest BCUT2D eigenvalue weighted by Gasteiger charge is -2.09. The molecule has 0 aliphatic carbocycles. The van der Waals surface area contributed by atoms with Gasteiger partial charge in [0.1, 0.15) is 5.52 Å². The molecular weight excluding hydrogens is 286 g/mol. The fourth-order valence-corrected chi connectivity index (χ4v) is 2.26. The largest absolute Gasteiger partial charge is 0.437 e. The first-order valence-corrected chi connectivity index (χ1v) is 6.95. The van der Waals surface area contributed by atoms with E-state index in [4.69, 9.17) is 22.1 Å². The summed E-state index contributed by atoms with van der Waals surface area (Å²) in [7, 11) is 0. The molecule has 4 nitrogen and oxygen atoms in total. The molecule has 3 aromatic rings. The molecule has 0 atom stereocenters.